The molecule has 0 unspecified atom stereocenters. The van der Waals surface area contributed by atoms with E-state index in [1.807, 2.05) is 0 Å². The summed E-state index contributed by atoms with van der Waals surface area (Å²) in [5, 5.41) is 28.8. The van der Waals surface area contributed by atoms with Crippen LogP contribution in [0.3, 0.4) is 0 Å². The molecule has 23 heavy (non-hydrogen) atoms. The van der Waals surface area contributed by atoms with Crippen LogP contribution in [0.5, 0.6) is 5.75 Å². The number of nitrogens with zero attached hydrogens (tertiary/aromatic N) is 4. The lowest BCUT2D eigenvalue weighted by molar-refractivity contribution is -0.0803. The molecule has 0 spiro atoms. The van der Waals surface area contributed by atoms with Crippen molar-refractivity contribution in [3.63, 3.8) is 0 Å². The summed E-state index contributed by atoms with van der Waals surface area (Å²) in [5.41, 5.74) is 0.335. The molecular weight excluding hydrogens is 296 g/mol. The average molecular weight is 312 g/mol. The van der Waals surface area contributed by atoms with E-state index in [2.05, 4.69) is 11.1 Å². The van der Waals surface area contributed by atoms with Crippen LogP contribution in [-0.2, 0) is 4.74 Å². The Morgan fingerprint density at radius 1 is 1.39 bits per heavy atom. The first-order valence-corrected chi connectivity index (χ1v) is 7.25. The van der Waals surface area contributed by atoms with Gasteiger partial charge in [-0.25, -0.2) is 0 Å². The SMILES string of the molecule is CC1(C)Oc2ccc(C#N)cc2[C@H](N2CCO/C2=N/C#N)[C@H]1O. The second-order valence-corrected chi connectivity index (χ2v) is 6.00. The molecule has 118 valence electrons. The van der Waals surface area contributed by atoms with Crippen LogP contribution in [0, 0.1) is 22.8 Å². The highest BCUT2D eigenvalue weighted by atomic mass is 16.5. The zero-order valence-corrected chi connectivity index (χ0v) is 12.9. The van der Waals surface area contributed by atoms with E-state index in [0.717, 1.165) is 0 Å². The van der Waals surface area contributed by atoms with Crippen molar-refractivity contribution in [2.45, 2.75) is 31.6 Å². The van der Waals surface area contributed by atoms with Gasteiger partial charge < -0.3 is 19.5 Å². The maximum Gasteiger partial charge on any atom is 0.303 e. The van der Waals surface area contributed by atoms with Crippen LogP contribution >= 0.6 is 0 Å². The fourth-order valence-corrected chi connectivity index (χ4v) is 2.99. The molecule has 0 saturated carbocycles. The van der Waals surface area contributed by atoms with Crippen LogP contribution in [0.4, 0.5) is 0 Å². The molecule has 7 nitrogen and oxygen atoms in total. The Labute approximate surface area is 134 Å². The van der Waals surface area contributed by atoms with Gasteiger partial charge in [0.25, 0.3) is 0 Å². The summed E-state index contributed by atoms with van der Waals surface area (Å²) < 4.78 is 11.3. The maximum atomic E-state index is 10.8. The van der Waals surface area contributed by atoms with Crippen LogP contribution < -0.4 is 4.74 Å². The minimum Gasteiger partial charge on any atom is -0.485 e. The monoisotopic (exact) mass is 312 g/mol. The van der Waals surface area contributed by atoms with Gasteiger partial charge in [0.2, 0.25) is 6.19 Å². The van der Waals surface area contributed by atoms with E-state index < -0.39 is 17.7 Å². The molecule has 0 aliphatic carbocycles. The second kappa shape index (κ2) is 5.45. The predicted molar refractivity (Wildman–Crippen MR) is 80.3 cm³/mol. The van der Waals surface area contributed by atoms with E-state index in [9.17, 15) is 5.11 Å². The standard InChI is InChI=1S/C16H16N4O3/c1-16(2)14(21)13(20-5-6-22-15(20)19-9-18)11-7-10(8-17)3-4-12(11)23-16/h3-4,7,13-14,21H,5-6H2,1-2H3/b19-15+/t13-,14+/m0/s1. The van der Waals surface area contributed by atoms with Crippen molar-refractivity contribution in [3.8, 4) is 18.0 Å². The third kappa shape index (κ3) is 2.45. The lowest BCUT2D eigenvalue weighted by atomic mass is 9.85. The summed E-state index contributed by atoms with van der Waals surface area (Å²) in [6, 6.07) is 6.87. The van der Waals surface area contributed by atoms with Crippen LogP contribution in [0.1, 0.15) is 31.0 Å². The number of aliphatic imine (C=N–C) groups is 1. The van der Waals surface area contributed by atoms with Gasteiger partial charge in [0.1, 0.15) is 24.1 Å². The van der Waals surface area contributed by atoms with Gasteiger partial charge >= 0.3 is 6.02 Å². The number of rotatable bonds is 1. The van der Waals surface area contributed by atoms with Crippen LogP contribution in [0.2, 0.25) is 0 Å². The number of amidine groups is 1. The normalized spacial score (nSPS) is 26.7. The fraction of sp³-hybridized carbons (Fsp3) is 0.438. The first kappa shape index (κ1) is 15.1. The average Bonchev–Trinajstić information content (AvgIpc) is 2.96. The minimum absolute atomic E-state index is 0.183. The summed E-state index contributed by atoms with van der Waals surface area (Å²) in [7, 11) is 0. The van der Waals surface area contributed by atoms with Crippen molar-refractivity contribution in [3.05, 3.63) is 29.3 Å². The molecule has 1 aromatic carbocycles. The van der Waals surface area contributed by atoms with Crippen LogP contribution in [0.15, 0.2) is 23.2 Å². The summed E-state index contributed by atoms with van der Waals surface area (Å²) in [6.07, 6.45) is 0.837. The van der Waals surface area contributed by atoms with Gasteiger partial charge in [0.15, 0.2) is 0 Å². The number of benzene rings is 1. The minimum atomic E-state index is -0.880. The molecule has 3 rings (SSSR count). The van der Waals surface area contributed by atoms with Gasteiger partial charge in [-0.15, -0.1) is 4.99 Å². The van der Waals surface area contributed by atoms with Crippen molar-refractivity contribution in [2.24, 2.45) is 4.99 Å². The van der Waals surface area contributed by atoms with Gasteiger partial charge in [-0.3, -0.25) is 0 Å². The first-order valence-electron chi connectivity index (χ1n) is 7.25. The van der Waals surface area contributed by atoms with E-state index in [4.69, 9.17) is 20.0 Å². The summed E-state index contributed by atoms with van der Waals surface area (Å²) in [5.74, 6) is 0.604. The van der Waals surface area contributed by atoms with Gasteiger partial charge in [0.05, 0.1) is 24.2 Å². The van der Waals surface area contributed by atoms with Gasteiger partial charge in [-0.1, -0.05) is 0 Å². The molecule has 1 saturated heterocycles. The molecule has 0 aromatic heterocycles. The molecular formula is C16H16N4O3. The number of ether oxygens (including phenoxy) is 2. The number of aliphatic hydroxyl groups excluding tert-OH is 1. The fourth-order valence-electron chi connectivity index (χ4n) is 2.99. The molecule has 7 heteroatoms. The number of aliphatic hydroxyl groups is 1. The Balaban J connectivity index is 2.13. The number of fused-ring (bicyclic) bond motifs is 1. The molecule has 1 N–H and O–H groups in total. The van der Waals surface area contributed by atoms with Crippen LogP contribution in [0.25, 0.3) is 0 Å². The molecule has 0 radical (unpaired) electrons. The summed E-state index contributed by atoms with van der Waals surface area (Å²) in [6.45, 7) is 4.47. The van der Waals surface area contributed by atoms with Gasteiger partial charge in [-0.2, -0.15) is 10.5 Å². The second-order valence-electron chi connectivity index (χ2n) is 6.00. The number of hydrogen-bond donors (Lipinski definition) is 1. The van der Waals surface area contributed by atoms with Crippen molar-refractivity contribution in [1.29, 1.82) is 10.5 Å². The van der Waals surface area contributed by atoms with E-state index in [1.165, 1.54) is 0 Å². The third-order valence-electron chi connectivity index (χ3n) is 4.13. The van der Waals surface area contributed by atoms with Crippen molar-refractivity contribution < 1.29 is 14.6 Å². The number of nitriles is 2. The Hall–Kier alpha value is -2.77. The molecule has 2 aliphatic heterocycles. The Morgan fingerprint density at radius 2 is 2.17 bits per heavy atom. The molecule has 2 aliphatic rings. The van der Waals surface area contributed by atoms with Crippen LogP contribution in [-0.4, -0.2) is 40.9 Å². The molecule has 1 fully saturated rings. The van der Waals surface area contributed by atoms with Gasteiger partial charge in [-0.05, 0) is 32.0 Å². The number of hydrogen-bond acceptors (Lipinski definition) is 6. The lowest BCUT2D eigenvalue weighted by Crippen LogP contribution is -2.54. The van der Waals surface area contributed by atoms with Gasteiger partial charge in [0, 0.05) is 5.56 Å². The topological polar surface area (TPSA) is 102 Å². The Bertz CT molecular complexity index is 745. The highest BCUT2D eigenvalue weighted by Gasteiger charge is 2.47. The smallest absolute Gasteiger partial charge is 0.303 e. The van der Waals surface area contributed by atoms with E-state index in [0.29, 0.717) is 30.0 Å². The van der Waals surface area contributed by atoms with E-state index in [1.54, 1.807) is 43.1 Å². The molecule has 0 amide bonds. The highest BCUT2D eigenvalue weighted by Crippen LogP contribution is 2.43. The largest absolute Gasteiger partial charge is 0.485 e. The third-order valence-corrected chi connectivity index (χ3v) is 4.13. The zero-order valence-electron chi connectivity index (χ0n) is 12.9. The van der Waals surface area contributed by atoms with Crippen molar-refractivity contribution in [2.75, 3.05) is 13.2 Å². The highest BCUT2D eigenvalue weighted by molar-refractivity contribution is 5.77. The first-order chi connectivity index (χ1) is 11.0. The molecule has 2 atom stereocenters. The van der Waals surface area contributed by atoms with Crippen molar-refractivity contribution in [1.82, 2.24) is 4.90 Å². The summed E-state index contributed by atoms with van der Waals surface area (Å²) >= 11 is 0. The Morgan fingerprint density at radius 3 is 2.87 bits per heavy atom. The van der Waals surface area contributed by atoms with E-state index in [-0.39, 0.29) is 6.02 Å². The van der Waals surface area contributed by atoms with E-state index >= 15 is 0 Å². The quantitative estimate of drug-likeness (QED) is 0.784. The molecule has 0 bridgehead atoms. The lowest BCUT2D eigenvalue weighted by Gasteiger charge is -2.45. The summed E-state index contributed by atoms with van der Waals surface area (Å²) in [4.78, 5) is 5.44. The zero-order chi connectivity index (χ0) is 16.6. The molecule has 1 aromatic rings. The predicted octanol–water partition coefficient (Wildman–Crippen LogP) is 1.30. The molecule has 2 heterocycles. The Kier molecular flexibility index (Phi) is 3.59. The maximum absolute atomic E-state index is 10.8. The van der Waals surface area contributed by atoms with Crippen molar-refractivity contribution >= 4 is 6.02 Å².